The van der Waals surface area contributed by atoms with E-state index in [1.165, 1.54) is 38.5 Å². The molecule has 3 rings (SSSR count). The number of ether oxygens (including phenoxy) is 1. The van der Waals surface area contributed by atoms with Crippen molar-refractivity contribution in [2.45, 2.75) is 65.2 Å². The monoisotopic (exact) mass is 500 g/mol. The van der Waals surface area contributed by atoms with Crippen LogP contribution in [0.15, 0.2) is 63.5 Å². The zero-order chi connectivity index (χ0) is 25.9. The molecule has 0 saturated carbocycles. The van der Waals surface area contributed by atoms with Gasteiger partial charge in [-0.05, 0) is 25.0 Å². The molecule has 0 spiro atoms. The van der Waals surface area contributed by atoms with Crippen LogP contribution in [0.3, 0.4) is 0 Å². The standard InChI is InChI=1S/C29H32N4O2S/c1-3-4-5-6-7-8-9-12-15-35-27-17-25(22-13-10-11-14-23(22)28(27)34)32-33-26-16-21(18-30)20(2)24(19-31)29(26)36/h10-11,13-14,16-17,24,34H,3-9,12,15H2,1-2H3. The number of azo groups is 1. The van der Waals surface area contributed by atoms with Crippen LogP contribution in [0, 0.1) is 28.6 Å². The number of nitrogens with zero attached hydrogens (tertiary/aromatic N) is 4. The summed E-state index contributed by atoms with van der Waals surface area (Å²) in [5.41, 5.74) is 1.82. The molecular formula is C29H32N4O2S. The van der Waals surface area contributed by atoms with Crippen LogP contribution in [0.5, 0.6) is 11.5 Å². The summed E-state index contributed by atoms with van der Waals surface area (Å²) in [5.74, 6) is -0.253. The van der Waals surface area contributed by atoms with Gasteiger partial charge in [0, 0.05) is 16.8 Å². The predicted octanol–water partition coefficient (Wildman–Crippen LogP) is 8.40. The number of fused-ring (bicyclic) bond motifs is 1. The first-order valence-electron chi connectivity index (χ1n) is 12.6. The highest BCUT2D eigenvalue weighted by Crippen LogP contribution is 2.41. The van der Waals surface area contributed by atoms with Gasteiger partial charge < -0.3 is 9.84 Å². The fourth-order valence-electron chi connectivity index (χ4n) is 4.21. The van der Waals surface area contributed by atoms with Crippen LogP contribution >= 0.6 is 12.2 Å². The van der Waals surface area contributed by atoms with Crippen molar-refractivity contribution < 1.29 is 9.84 Å². The smallest absolute Gasteiger partial charge is 0.165 e. The van der Waals surface area contributed by atoms with Gasteiger partial charge in [-0.3, -0.25) is 0 Å². The van der Waals surface area contributed by atoms with Crippen molar-refractivity contribution in [1.82, 2.24) is 0 Å². The third-order valence-corrected chi connectivity index (χ3v) is 6.83. The van der Waals surface area contributed by atoms with E-state index in [2.05, 4.69) is 29.3 Å². The maximum absolute atomic E-state index is 10.8. The Morgan fingerprint density at radius 2 is 1.67 bits per heavy atom. The topological polar surface area (TPSA) is 102 Å². The number of allylic oxidation sites excluding steroid dienone is 4. The average Bonchev–Trinajstić information content (AvgIpc) is 2.89. The quantitative estimate of drug-likeness (QED) is 0.179. The van der Waals surface area contributed by atoms with E-state index in [1.54, 1.807) is 19.1 Å². The van der Waals surface area contributed by atoms with Crippen molar-refractivity contribution in [3.63, 3.8) is 0 Å². The summed E-state index contributed by atoms with van der Waals surface area (Å²) in [5, 5.41) is 39.8. The Morgan fingerprint density at radius 1 is 1.00 bits per heavy atom. The van der Waals surface area contributed by atoms with Crippen molar-refractivity contribution in [3.05, 3.63) is 53.3 Å². The molecule has 0 aliphatic heterocycles. The summed E-state index contributed by atoms with van der Waals surface area (Å²) in [4.78, 5) is 0.340. The maximum Gasteiger partial charge on any atom is 0.165 e. The zero-order valence-electron chi connectivity index (χ0n) is 21.0. The molecule has 1 aliphatic carbocycles. The van der Waals surface area contributed by atoms with Crippen molar-refractivity contribution in [3.8, 4) is 23.6 Å². The molecule has 0 fully saturated rings. The van der Waals surface area contributed by atoms with Crippen LogP contribution in [0.1, 0.15) is 65.2 Å². The Hall–Kier alpha value is -3.55. The van der Waals surface area contributed by atoms with Gasteiger partial charge in [0.05, 0.1) is 34.9 Å². The second-order valence-corrected chi connectivity index (χ2v) is 9.42. The SMILES string of the molecule is CCCCCCCCCCOc1cc(N=NC2=CC(C#N)=C(C)C(C#N)C2=S)c2ccccc2c1O. The van der Waals surface area contributed by atoms with Crippen molar-refractivity contribution in [2.75, 3.05) is 6.61 Å². The van der Waals surface area contributed by atoms with E-state index in [0.29, 0.717) is 50.5 Å². The van der Waals surface area contributed by atoms with Crippen LogP contribution in [-0.4, -0.2) is 16.6 Å². The number of hydrogen-bond acceptors (Lipinski definition) is 7. The molecular weight excluding hydrogens is 468 g/mol. The zero-order valence-corrected chi connectivity index (χ0v) is 21.8. The minimum absolute atomic E-state index is 0.0754. The Balaban J connectivity index is 1.77. The Kier molecular flexibility index (Phi) is 10.2. The third kappa shape index (κ3) is 6.56. The van der Waals surface area contributed by atoms with Gasteiger partial charge in [0.25, 0.3) is 0 Å². The van der Waals surface area contributed by atoms with E-state index >= 15 is 0 Å². The number of rotatable bonds is 12. The van der Waals surface area contributed by atoms with E-state index in [4.69, 9.17) is 17.0 Å². The number of hydrogen-bond donors (Lipinski definition) is 1. The maximum atomic E-state index is 10.8. The fraction of sp³-hybridized carbons (Fsp3) is 0.414. The lowest BCUT2D eigenvalue weighted by atomic mass is 9.87. The van der Waals surface area contributed by atoms with Gasteiger partial charge in [0.1, 0.15) is 11.6 Å². The Labute approximate surface area is 218 Å². The molecule has 36 heavy (non-hydrogen) atoms. The average molecular weight is 501 g/mol. The van der Waals surface area contributed by atoms with Crippen molar-refractivity contribution >= 4 is 33.5 Å². The molecule has 2 aromatic carbocycles. The number of thiocarbonyl (C=S) groups is 1. The summed E-state index contributed by atoms with van der Waals surface area (Å²) in [6, 6.07) is 13.3. The van der Waals surface area contributed by atoms with Crippen LogP contribution in [0.4, 0.5) is 5.69 Å². The highest BCUT2D eigenvalue weighted by Gasteiger charge is 2.26. The summed E-state index contributed by atoms with van der Waals surface area (Å²) in [6.45, 7) is 4.46. The van der Waals surface area contributed by atoms with E-state index < -0.39 is 5.92 Å². The second-order valence-electron chi connectivity index (χ2n) is 8.98. The van der Waals surface area contributed by atoms with Crippen LogP contribution in [-0.2, 0) is 0 Å². The molecule has 6 nitrogen and oxygen atoms in total. The molecule has 1 N–H and O–H groups in total. The van der Waals surface area contributed by atoms with E-state index in [-0.39, 0.29) is 5.75 Å². The van der Waals surface area contributed by atoms with Gasteiger partial charge in [0.2, 0.25) is 0 Å². The number of phenolic OH excluding ortho intramolecular Hbond substituents is 1. The summed E-state index contributed by atoms with van der Waals surface area (Å²) in [6.07, 6.45) is 11.2. The van der Waals surface area contributed by atoms with Gasteiger partial charge >= 0.3 is 0 Å². The summed E-state index contributed by atoms with van der Waals surface area (Å²) >= 11 is 5.45. The highest BCUT2D eigenvalue weighted by atomic mass is 32.1. The van der Waals surface area contributed by atoms with Gasteiger partial charge in [-0.15, -0.1) is 10.2 Å². The van der Waals surface area contributed by atoms with Crippen molar-refractivity contribution in [2.24, 2.45) is 16.1 Å². The van der Waals surface area contributed by atoms with Crippen LogP contribution in [0.25, 0.3) is 10.8 Å². The van der Waals surface area contributed by atoms with E-state index in [0.717, 1.165) is 12.8 Å². The highest BCUT2D eigenvalue weighted by molar-refractivity contribution is 7.81. The molecule has 0 heterocycles. The molecule has 0 amide bonds. The molecule has 0 bridgehead atoms. The number of nitriles is 2. The summed E-state index contributed by atoms with van der Waals surface area (Å²) < 4.78 is 5.94. The third-order valence-electron chi connectivity index (χ3n) is 6.38. The van der Waals surface area contributed by atoms with Gasteiger partial charge in [-0.1, -0.05) is 88.4 Å². The number of phenols is 1. The molecule has 7 heteroatoms. The molecule has 0 aromatic heterocycles. The minimum atomic E-state index is -0.685. The first-order chi connectivity index (χ1) is 17.5. The molecule has 0 radical (unpaired) electrons. The van der Waals surface area contributed by atoms with Crippen LogP contribution in [0.2, 0.25) is 0 Å². The number of benzene rings is 2. The second kappa shape index (κ2) is 13.5. The lowest BCUT2D eigenvalue weighted by Crippen LogP contribution is -2.18. The van der Waals surface area contributed by atoms with Gasteiger partial charge in [-0.25, -0.2) is 0 Å². The normalized spacial score (nSPS) is 15.7. The Morgan fingerprint density at radius 3 is 2.33 bits per heavy atom. The van der Waals surface area contributed by atoms with Gasteiger partial charge in [0.15, 0.2) is 11.5 Å². The first-order valence-corrected chi connectivity index (χ1v) is 13.0. The lowest BCUT2D eigenvalue weighted by molar-refractivity contribution is 0.290. The van der Waals surface area contributed by atoms with Crippen LogP contribution < -0.4 is 4.74 Å². The minimum Gasteiger partial charge on any atom is -0.504 e. The van der Waals surface area contributed by atoms with E-state index in [1.807, 2.05) is 24.3 Å². The predicted molar refractivity (Wildman–Crippen MR) is 146 cm³/mol. The number of aromatic hydroxyl groups is 1. The van der Waals surface area contributed by atoms with Gasteiger partial charge in [-0.2, -0.15) is 10.5 Å². The Bertz CT molecular complexity index is 1280. The molecule has 186 valence electrons. The fourth-order valence-corrected chi connectivity index (χ4v) is 4.54. The van der Waals surface area contributed by atoms with Crippen molar-refractivity contribution in [1.29, 1.82) is 10.5 Å². The largest absolute Gasteiger partial charge is 0.504 e. The molecule has 1 aliphatic rings. The summed E-state index contributed by atoms with van der Waals surface area (Å²) in [7, 11) is 0. The molecule has 1 unspecified atom stereocenters. The van der Waals surface area contributed by atoms with E-state index in [9.17, 15) is 15.6 Å². The first kappa shape index (κ1) is 27.0. The molecule has 1 atom stereocenters. The molecule has 0 saturated heterocycles. The number of unbranched alkanes of at least 4 members (excludes halogenated alkanes) is 7. The lowest BCUT2D eigenvalue weighted by Gasteiger charge is -2.17. The molecule has 2 aromatic rings.